The van der Waals surface area contributed by atoms with Crippen molar-refractivity contribution in [3.05, 3.63) is 67.4 Å². The van der Waals surface area contributed by atoms with Gasteiger partial charge in [-0.05, 0) is 30.3 Å². The zero-order valence-electron chi connectivity index (χ0n) is 13.0. The second-order valence-electron chi connectivity index (χ2n) is 5.67. The third kappa shape index (κ3) is 2.91. The second kappa shape index (κ2) is 6.25. The van der Waals surface area contributed by atoms with Crippen LogP contribution < -0.4 is 4.74 Å². The van der Waals surface area contributed by atoms with E-state index in [9.17, 15) is 5.11 Å². The quantitative estimate of drug-likeness (QED) is 0.573. The zero-order chi connectivity index (χ0) is 16.4. The summed E-state index contributed by atoms with van der Waals surface area (Å²) in [5.41, 5.74) is 1.98. The van der Waals surface area contributed by atoms with Gasteiger partial charge in [-0.2, -0.15) is 5.10 Å². The van der Waals surface area contributed by atoms with Gasteiger partial charge in [-0.3, -0.25) is 4.68 Å². The van der Waals surface area contributed by atoms with E-state index in [-0.39, 0.29) is 6.61 Å². The highest BCUT2D eigenvalue weighted by atomic mass is 16.5. The summed E-state index contributed by atoms with van der Waals surface area (Å²) in [6.07, 6.45) is 8.82. The molecule has 0 bridgehead atoms. The van der Waals surface area contributed by atoms with Crippen molar-refractivity contribution in [3.8, 4) is 11.4 Å². The lowest BCUT2D eigenvalue weighted by molar-refractivity contribution is 0.0901. The van der Waals surface area contributed by atoms with Crippen molar-refractivity contribution in [2.75, 3.05) is 6.61 Å². The van der Waals surface area contributed by atoms with Crippen LogP contribution in [0.2, 0.25) is 0 Å². The number of benzene rings is 1. The first-order valence-corrected chi connectivity index (χ1v) is 7.82. The van der Waals surface area contributed by atoms with Crippen LogP contribution in [-0.2, 0) is 6.54 Å². The van der Waals surface area contributed by atoms with E-state index in [0.717, 1.165) is 22.3 Å². The van der Waals surface area contributed by atoms with E-state index < -0.39 is 6.10 Å². The van der Waals surface area contributed by atoms with Crippen molar-refractivity contribution >= 4 is 10.9 Å². The zero-order valence-corrected chi connectivity index (χ0v) is 13.0. The van der Waals surface area contributed by atoms with Crippen molar-refractivity contribution < 1.29 is 9.84 Å². The van der Waals surface area contributed by atoms with Gasteiger partial charge in [-0.25, -0.2) is 0 Å². The van der Waals surface area contributed by atoms with Gasteiger partial charge in [0.15, 0.2) is 0 Å². The van der Waals surface area contributed by atoms with E-state index in [1.165, 1.54) is 0 Å². The number of nitrogens with one attached hydrogen (secondary N) is 1. The molecule has 24 heavy (non-hydrogen) atoms. The van der Waals surface area contributed by atoms with E-state index in [0.29, 0.717) is 6.54 Å². The molecule has 6 nitrogen and oxygen atoms in total. The topological polar surface area (TPSA) is 68.0 Å². The number of fused-ring (bicyclic) bond motifs is 1. The molecule has 3 aromatic heterocycles. The Balaban J connectivity index is 1.38. The molecule has 0 aliphatic rings. The Morgan fingerprint density at radius 1 is 1.17 bits per heavy atom. The minimum absolute atomic E-state index is 0.211. The maximum Gasteiger partial charge on any atom is 0.128 e. The summed E-state index contributed by atoms with van der Waals surface area (Å²) >= 11 is 0. The molecule has 0 radical (unpaired) electrons. The van der Waals surface area contributed by atoms with Crippen LogP contribution in [0.25, 0.3) is 16.6 Å². The number of aromatic amines is 1. The molecule has 1 unspecified atom stereocenters. The molecule has 0 aliphatic carbocycles. The minimum atomic E-state index is -0.642. The Labute approximate surface area is 138 Å². The Morgan fingerprint density at radius 2 is 2.04 bits per heavy atom. The van der Waals surface area contributed by atoms with Crippen LogP contribution in [0.3, 0.4) is 0 Å². The lowest BCUT2D eigenvalue weighted by atomic mass is 10.2. The summed E-state index contributed by atoms with van der Waals surface area (Å²) in [6, 6.07) is 11.7. The number of H-pyrrole nitrogens is 1. The molecule has 6 heteroatoms. The summed E-state index contributed by atoms with van der Waals surface area (Å²) in [5.74, 6) is 0.765. The van der Waals surface area contributed by atoms with E-state index in [4.69, 9.17) is 4.74 Å². The van der Waals surface area contributed by atoms with Crippen molar-refractivity contribution in [2.45, 2.75) is 12.6 Å². The molecule has 0 aliphatic heterocycles. The van der Waals surface area contributed by atoms with Gasteiger partial charge >= 0.3 is 0 Å². The highest BCUT2D eigenvalue weighted by molar-refractivity contribution is 5.85. The fraction of sp³-hybridized carbons (Fsp3) is 0.167. The van der Waals surface area contributed by atoms with Crippen molar-refractivity contribution in [1.82, 2.24) is 19.3 Å². The number of aromatic nitrogens is 4. The van der Waals surface area contributed by atoms with Crippen LogP contribution in [0.5, 0.6) is 5.75 Å². The van der Waals surface area contributed by atoms with Gasteiger partial charge in [-0.1, -0.05) is 6.07 Å². The van der Waals surface area contributed by atoms with Crippen LogP contribution in [-0.4, -0.2) is 37.1 Å². The SMILES string of the molecule is OC(COc1cccc2[nH]ccc12)Cn1cc(-n2cccc2)cn1. The Hall–Kier alpha value is -2.99. The lowest BCUT2D eigenvalue weighted by Gasteiger charge is -2.13. The highest BCUT2D eigenvalue weighted by Crippen LogP contribution is 2.24. The van der Waals surface area contributed by atoms with Crippen LogP contribution in [0.4, 0.5) is 0 Å². The predicted molar refractivity (Wildman–Crippen MR) is 91.4 cm³/mol. The number of hydrogen-bond donors (Lipinski definition) is 2. The van der Waals surface area contributed by atoms with Crippen molar-refractivity contribution in [1.29, 1.82) is 0 Å². The van der Waals surface area contributed by atoms with Gasteiger partial charge in [0, 0.05) is 35.7 Å². The number of nitrogens with zero attached hydrogens (tertiary/aromatic N) is 3. The van der Waals surface area contributed by atoms with Crippen LogP contribution >= 0.6 is 0 Å². The molecule has 1 atom stereocenters. The Kier molecular flexibility index (Phi) is 3.80. The molecule has 1 aromatic carbocycles. The fourth-order valence-corrected chi connectivity index (χ4v) is 2.73. The molecule has 2 N–H and O–H groups in total. The van der Waals surface area contributed by atoms with E-state index in [2.05, 4.69) is 10.1 Å². The summed E-state index contributed by atoms with van der Waals surface area (Å²) < 4.78 is 9.47. The van der Waals surface area contributed by atoms with Crippen molar-refractivity contribution in [2.24, 2.45) is 0 Å². The monoisotopic (exact) mass is 322 g/mol. The molecule has 122 valence electrons. The predicted octanol–water partition coefficient (Wildman–Crippen LogP) is 2.60. The van der Waals surface area contributed by atoms with E-state index in [1.807, 2.05) is 65.8 Å². The van der Waals surface area contributed by atoms with Gasteiger partial charge < -0.3 is 19.4 Å². The first-order valence-electron chi connectivity index (χ1n) is 7.82. The number of ether oxygens (including phenoxy) is 1. The average Bonchev–Trinajstić information content (AvgIpc) is 3.32. The Morgan fingerprint density at radius 3 is 2.92 bits per heavy atom. The van der Waals surface area contributed by atoms with E-state index >= 15 is 0 Å². The summed E-state index contributed by atoms with van der Waals surface area (Å²) in [4.78, 5) is 3.14. The molecule has 0 amide bonds. The minimum Gasteiger partial charge on any atom is -0.490 e. The standard InChI is InChI=1S/C18H18N4O2/c23-15(12-22-11-14(10-20-22)21-8-1-2-9-21)13-24-18-5-3-4-17-16(18)6-7-19-17/h1-11,15,19,23H,12-13H2. The highest BCUT2D eigenvalue weighted by Gasteiger charge is 2.10. The molecule has 0 saturated carbocycles. The molecular weight excluding hydrogens is 304 g/mol. The first kappa shape index (κ1) is 14.6. The van der Waals surface area contributed by atoms with Gasteiger partial charge in [-0.15, -0.1) is 0 Å². The summed E-state index contributed by atoms with van der Waals surface area (Å²) in [5, 5.41) is 15.5. The number of rotatable bonds is 6. The third-order valence-corrected chi connectivity index (χ3v) is 3.91. The van der Waals surface area contributed by atoms with Crippen LogP contribution in [0.15, 0.2) is 67.4 Å². The van der Waals surface area contributed by atoms with Gasteiger partial charge in [0.2, 0.25) is 0 Å². The van der Waals surface area contributed by atoms with Gasteiger partial charge in [0.25, 0.3) is 0 Å². The smallest absolute Gasteiger partial charge is 0.128 e. The second-order valence-corrected chi connectivity index (χ2v) is 5.67. The fourth-order valence-electron chi connectivity index (χ4n) is 2.73. The number of aliphatic hydroxyl groups is 1. The number of aliphatic hydroxyl groups excluding tert-OH is 1. The van der Waals surface area contributed by atoms with Crippen molar-refractivity contribution in [3.63, 3.8) is 0 Å². The first-order chi connectivity index (χ1) is 11.8. The van der Waals surface area contributed by atoms with Gasteiger partial charge in [0.05, 0.1) is 18.4 Å². The largest absolute Gasteiger partial charge is 0.490 e. The molecule has 3 heterocycles. The van der Waals surface area contributed by atoms with Crippen LogP contribution in [0, 0.1) is 0 Å². The maximum atomic E-state index is 10.2. The molecule has 0 spiro atoms. The normalized spacial score (nSPS) is 12.5. The third-order valence-electron chi connectivity index (χ3n) is 3.91. The lowest BCUT2D eigenvalue weighted by Crippen LogP contribution is -2.23. The molecule has 0 fully saturated rings. The number of hydrogen-bond acceptors (Lipinski definition) is 3. The Bertz CT molecular complexity index is 923. The molecule has 4 aromatic rings. The van der Waals surface area contributed by atoms with Crippen LogP contribution in [0.1, 0.15) is 0 Å². The van der Waals surface area contributed by atoms with Gasteiger partial charge in [0.1, 0.15) is 18.5 Å². The van der Waals surface area contributed by atoms with E-state index in [1.54, 1.807) is 10.9 Å². The summed E-state index contributed by atoms with van der Waals surface area (Å²) in [7, 11) is 0. The molecular formula is C18H18N4O2. The maximum absolute atomic E-state index is 10.2. The molecule has 0 saturated heterocycles. The summed E-state index contributed by atoms with van der Waals surface area (Å²) in [6.45, 7) is 0.591. The average molecular weight is 322 g/mol. The molecule has 4 rings (SSSR count).